The van der Waals surface area contributed by atoms with Crippen LogP contribution in [0.2, 0.25) is 0 Å². The van der Waals surface area contributed by atoms with Crippen LogP contribution in [0.5, 0.6) is 0 Å². The highest BCUT2D eigenvalue weighted by Gasteiger charge is 2.29. The van der Waals surface area contributed by atoms with E-state index in [0.29, 0.717) is 11.6 Å². The maximum absolute atomic E-state index is 12.3. The van der Waals surface area contributed by atoms with Gasteiger partial charge in [0.1, 0.15) is 4.90 Å². The van der Waals surface area contributed by atoms with Crippen molar-refractivity contribution in [3.05, 3.63) is 5.69 Å². The maximum atomic E-state index is 12.3. The second-order valence-electron chi connectivity index (χ2n) is 5.12. The zero-order valence-electron chi connectivity index (χ0n) is 11.0. The van der Waals surface area contributed by atoms with E-state index in [1.54, 1.807) is 14.0 Å². The molecule has 7 heteroatoms. The van der Waals surface area contributed by atoms with Gasteiger partial charge in [0.05, 0.1) is 5.69 Å². The highest BCUT2D eigenvalue weighted by molar-refractivity contribution is 7.89. The lowest BCUT2D eigenvalue weighted by molar-refractivity contribution is 0.529. The van der Waals surface area contributed by atoms with Gasteiger partial charge in [-0.1, -0.05) is 12.8 Å². The molecule has 1 atom stereocenters. The zero-order valence-corrected chi connectivity index (χ0v) is 11.8. The van der Waals surface area contributed by atoms with Gasteiger partial charge in [-0.15, -0.1) is 0 Å². The minimum atomic E-state index is -3.58. The summed E-state index contributed by atoms with van der Waals surface area (Å²) in [7, 11) is -1.90. The van der Waals surface area contributed by atoms with Crippen LogP contribution in [0.3, 0.4) is 0 Å². The first-order chi connectivity index (χ1) is 8.31. The molecule has 102 valence electrons. The Balaban J connectivity index is 2.18. The fraction of sp³-hybridized carbons (Fsp3) is 0.727. The zero-order chi connectivity index (χ0) is 13.5. The van der Waals surface area contributed by atoms with E-state index in [2.05, 4.69) is 9.82 Å². The number of nitrogens with one attached hydrogen (secondary N) is 1. The predicted octanol–water partition coefficient (Wildman–Crippen LogP) is 0.778. The first kappa shape index (κ1) is 13.4. The van der Waals surface area contributed by atoms with Crippen molar-refractivity contribution < 1.29 is 8.42 Å². The van der Waals surface area contributed by atoms with Crippen molar-refractivity contribution in [2.24, 2.45) is 13.0 Å². The minimum Gasteiger partial charge on any atom is -0.381 e. The summed E-state index contributed by atoms with van der Waals surface area (Å²) in [6, 6.07) is -0.0680. The van der Waals surface area contributed by atoms with Gasteiger partial charge in [0, 0.05) is 13.1 Å². The topological polar surface area (TPSA) is 90.0 Å². The molecule has 1 saturated carbocycles. The van der Waals surface area contributed by atoms with E-state index >= 15 is 0 Å². The van der Waals surface area contributed by atoms with E-state index in [4.69, 9.17) is 5.73 Å². The summed E-state index contributed by atoms with van der Waals surface area (Å²) in [6.07, 6.45) is 3.30. The lowest BCUT2D eigenvalue weighted by Gasteiger charge is -2.13. The summed E-state index contributed by atoms with van der Waals surface area (Å²) >= 11 is 0. The molecule has 2 rings (SSSR count). The van der Waals surface area contributed by atoms with Crippen molar-refractivity contribution in [2.45, 2.75) is 44.0 Å². The first-order valence-corrected chi connectivity index (χ1v) is 7.61. The van der Waals surface area contributed by atoms with E-state index in [9.17, 15) is 8.42 Å². The van der Waals surface area contributed by atoms with E-state index in [1.807, 2.05) is 6.92 Å². The highest BCUT2D eigenvalue weighted by atomic mass is 32.2. The monoisotopic (exact) mass is 272 g/mol. The molecule has 0 aromatic carbocycles. The number of nitrogen functional groups attached to an aromatic ring is 1. The molecule has 6 nitrogen and oxygen atoms in total. The molecule has 0 aliphatic heterocycles. The third-order valence-electron chi connectivity index (χ3n) is 3.31. The van der Waals surface area contributed by atoms with Crippen molar-refractivity contribution >= 4 is 15.8 Å². The highest BCUT2D eigenvalue weighted by Crippen LogP contribution is 2.33. The van der Waals surface area contributed by atoms with Gasteiger partial charge in [-0.2, -0.15) is 5.10 Å². The third-order valence-corrected chi connectivity index (χ3v) is 5.07. The van der Waals surface area contributed by atoms with Crippen LogP contribution in [0.1, 0.15) is 31.9 Å². The van der Waals surface area contributed by atoms with Gasteiger partial charge in [0.15, 0.2) is 5.82 Å². The molecule has 1 aromatic rings. The van der Waals surface area contributed by atoms with Gasteiger partial charge in [0.2, 0.25) is 10.0 Å². The van der Waals surface area contributed by atoms with Crippen molar-refractivity contribution in [1.82, 2.24) is 14.5 Å². The Bertz CT molecular complexity index is 546. The average Bonchev–Trinajstić information content (AvgIpc) is 2.94. The largest absolute Gasteiger partial charge is 0.381 e. The van der Waals surface area contributed by atoms with Gasteiger partial charge in [-0.05, 0) is 26.2 Å². The van der Waals surface area contributed by atoms with Crippen molar-refractivity contribution in [3.63, 3.8) is 0 Å². The van der Waals surface area contributed by atoms with Gasteiger partial charge in [-0.25, -0.2) is 13.1 Å². The van der Waals surface area contributed by atoms with E-state index in [0.717, 1.165) is 6.42 Å². The van der Waals surface area contributed by atoms with E-state index in [-0.39, 0.29) is 16.8 Å². The summed E-state index contributed by atoms with van der Waals surface area (Å²) in [5.74, 6) is 0.733. The molecule has 18 heavy (non-hydrogen) atoms. The Kier molecular flexibility index (Phi) is 3.37. The molecule has 3 N–H and O–H groups in total. The lowest BCUT2D eigenvalue weighted by atomic mass is 10.2. The molecule has 0 radical (unpaired) electrons. The molecular weight excluding hydrogens is 252 g/mol. The molecule has 1 unspecified atom stereocenters. The van der Waals surface area contributed by atoms with Crippen LogP contribution < -0.4 is 10.5 Å². The average molecular weight is 272 g/mol. The quantitative estimate of drug-likeness (QED) is 0.828. The van der Waals surface area contributed by atoms with Crippen molar-refractivity contribution in [2.75, 3.05) is 5.73 Å². The van der Waals surface area contributed by atoms with Gasteiger partial charge in [0.25, 0.3) is 0 Å². The number of aryl methyl sites for hydroxylation is 1. The van der Waals surface area contributed by atoms with Crippen LogP contribution in [-0.2, 0) is 17.1 Å². The standard InChI is InChI=1S/C11H20N4O2S/c1-7(6-9-4-5-9)14-18(16,17)10-8(2)15(3)13-11(10)12/h7,9,14H,4-6H2,1-3H3,(H2,12,13). The van der Waals surface area contributed by atoms with Gasteiger partial charge < -0.3 is 5.73 Å². The van der Waals surface area contributed by atoms with Crippen molar-refractivity contribution in [3.8, 4) is 0 Å². The number of hydrogen-bond acceptors (Lipinski definition) is 4. The van der Waals surface area contributed by atoms with Crippen LogP contribution in [0.4, 0.5) is 5.82 Å². The Hall–Kier alpha value is -1.08. The Morgan fingerprint density at radius 1 is 1.56 bits per heavy atom. The second-order valence-corrected chi connectivity index (χ2v) is 6.78. The fourth-order valence-corrected chi connectivity index (χ4v) is 3.75. The summed E-state index contributed by atoms with van der Waals surface area (Å²) < 4.78 is 28.7. The molecule has 1 aromatic heterocycles. The maximum Gasteiger partial charge on any atom is 0.246 e. The molecule has 1 aliphatic rings. The molecular formula is C11H20N4O2S. The van der Waals surface area contributed by atoms with E-state index in [1.165, 1.54) is 17.5 Å². The van der Waals surface area contributed by atoms with Crippen LogP contribution in [-0.4, -0.2) is 24.2 Å². The Morgan fingerprint density at radius 3 is 2.61 bits per heavy atom. The summed E-state index contributed by atoms with van der Waals surface area (Å²) in [5.41, 5.74) is 6.22. The van der Waals surface area contributed by atoms with Crippen LogP contribution in [0, 0.1) is 12.8 Å². The summed E-state index contributed by atoms with van der Waals surface area (Å²) in [5, 5.41) is 3.93. The molecule has 0 bridgehead atoms. The normalized spacial score (nSPS) is 17.9. The third kappa shape index (κ3) is 2.67. The molecule has 1 fully saturated rings. The molecule has 0 amide bonds. The number of anilines is 1. The van der Waals surface area contributed by atoms with Gasteiger partial charge >= 0.3 is 0 Å². The number of sulfonamides is 1. The van der Waals surface area contributed by atoms with Gasteiger partial charge in [-0.3, -0.25) is 4.68 Å². The first-order valence-electron chi connectivity index (χ1n) is 6.12. The minimum absolute atomic E-state index is 0.0566. The van der Waals surface area contributed by atoms with Crippen LogP contribution in [0.25, 0.3) is 0 Å². The van der Waals surface area contributed by atoms with Crippen molar-refractivity contribution in [1.29, 1.82) is 0 Å². The predicted molar refractivity (Wildman–Crippen MR) is 69.5 cm³/mol. The molecule has 0 spiro atoms. The van der Waals surface area contributed by atoms with E-state index < -0.39 is 10.0 Å². The fourth-order valence-electron chi connectivity index (χ4n) is 2.17. The second kappa shape index (κ2) is 4.55. The molecule has 0 saturated heterocycles. The van der Waals surface area contributed by atoms with Crippen LogP contribution >= 0.6 is 0 Å². The smallest absolute Gasteiger partial charge is 0.246 e. The Labute approximate surface area is 108 Å². The summed E-state index contributed by atoms with van der Waals surface area (Å²) in [4.78, 5) is 0.104. The Morgan fingerprint density at radius 2 is 2.17 bits per heavy atom. The molecule has 1 aliphatic carbocycles. The number of rotatable bonds is 5. The number of nitrogens with two attached hydrogens (primary N) is 1. The number of hydrogen-bond donors (Lipinski definition) is 2. The molecule has 1 heterocycles. The number of nitrogens with zero attached hydrogens (tertiary/aromatic N) is 2. The number of aromatic nitrogens is 2. The lowest BCUT2D eigenvalue weighted by Crippen LogP contribution is -2.33. The SMILES string of the molecule is Cc1c(S(=O)(=O)NC(C)CC2CC2)c(N)nn1C. The van der Waals surface area contributed by atoms with Crippen LogP contribution in [0.15, 0.2) is 4.90 Å². The summed E-state index contributed by atoms with van der Waals surface area (Å²) in [6.45, 7) is 3.58.